The van der Waals surface area contributed by atoms with Crippen molar-refractivity contribution < 1.29 is 9.59 Å². The number of rotatable bonds is 7. The van der Waals surface area contributed by atoms with Crippen LogP contribution in [-0.4, -0.2) is 41.3 Å². The molecule has 0 spiro atoms. The van der Waals surface area contributed by atoms with E-state index in [1.165, 1.54) is 6.92 Å². The van der Waals surface area contributed by atoms with E-state index in [9.17, 15) is 9.59 Å². The van der Waals surface area contributed by atoms with Crippen molar-refractivity contribution in [1.29, 1.82) is 0 Å². The molecule has 1 aromatic heterocycles. The number of anilines is 1. The second kappa shape index (κ2) is 8.73. The van der Waals surface area contributed by atoms with Gasteiger partial charge in [0.2, 0.25) is 11.8 Å². The van der Waals surface area contributed by atoms with Crippen LogP contribution < -0.4 is 10.6 Å². The zero-order chi connectivity index (χ0) is 18.4. The fraction of sp³-hybridized carbons (Fsp3) is 0.389. The number of benzene rings is 1. The standard InChI is InChI=1S/C18H24N4O2S/c1-12(2)19-17(24)9-22(4)10-18-21-16(11-25-18)14-5-7-15(8-6-14)20-13(3)23/h5-8,11-12H,9-10H2,1-4H3,(H,19,24)(H,20,23). The average Bonchev–Trinajstić information content (AvgIpc) is 2.94. The van der Waals surface area contributed by atoms with Crippen molar-refractivity contribution in [3.8, 4) is 11.3 Å². The molecule has 1 heterocycles. The van der Waals surface area contributed by atoms with Gasteiger partial charge in [-0.05, 0) is 33.0 Å². The Labute approximate surface area is 152 Å². The van der Waals surface area contributed by atoms with Gasteiger partial charge in [0.05, 0.1) is 18.8 Å². The SMILES string of the molecule is CC(=O)Nc1ccc(-c2csc(CN(C)CC(=O)NC(C)C)n2)cc1. The monoisotopic (exact) mass is 360 g/mol. The largest absolute Gasteiger partial charge is 0.353 e. The molecule has 2 amide bonds. The van der Waals surface area contributed by atoms with Crippen molar-refractivity contribution in [1.82, 2.24) is 15.2 Å². The van der Waals surface area contributed by atoms with Gasteiger partial charge >= 0.3 is 0 Å². The van der Waals surface area contributed by atoms with E-state index < -0.39 is 0 Å². The molecule has 2 rings (SSSR count). The Morgan fingerprint density at radius 2 is 1.92 bits per heavy atom. The first-order chi connectivity index (χ1) is 11.8. The Balaban J connectivity index is 1.95. The van der Waals surface area contributed by atoms with Gasteiger partial charge in [-0.3, -0.25) is 14.5 Å². The van der Waals surface area contributed by atoms with Crippen LogP contribution in [0.2, 0.25) is 0 Å². The molecule has 0 aliphatic heterocycles. The van der Waals surface area contributed by atoms with Crippen molar-refractivity contribution in [2.24, 2.45) is 0 Å². The smallest absolute Gasteiger partial charge is 0.234 e. The third-order valence-electron chi connectivity index (χ3n) is 3.32. The van der Waals surface area contributed by atoms with Crippen molar-refractivity contribution in [2.75, 3.05) is 18.9 Å². The zero-order valence-electron chi connectivity index (χ0n) is 15.0. The lowest BCUT2D eigenvalue weighted by atomic mass is 10.1. The highest BCUT2D eigenvalue weighted by Gasteiger charge is 2.11. The molecule has 134 valence electrons. The van der Waals surface area contributed by atoms with Crippen LogP contribution in [0.5, 0.6) is 0 Å². The molecule has 0 atom stereocenters. The summed E-state index contributed by atoms with van der Waals surface area (Å²) in [5.41, 5.74) is 2.66. The fourth-order valence-corrected chi connectivity index (χ4v) is 3.23. The average molecular weight is 360 g/mol. The van der Waals surface area contributed by atoms with E-state index in [0.29, 0.717) is 13.1 Å². The van der Waals surface area contributed by atoms with E-state index in [2.05, 4.69) is 15.6 Å². The molecule has 0 saturated carbocycles. The van der Waals surface area contributed by atoms with E-state index in [-0.39, 0.29) is 17.9 Å². The minimum atomic E-state index is -0.0896. The van der Waals surface area contributed by atoms with Gasteiger partial charge < -0.3 is 10.6 Å². The van der Waals surface area contributed by atoms with Crippen molar-refractivity contribution in [2.45, 2.75) is 33.4 Å². The topological polar surface area (TPSA) is 74.3 Å². The molecule has 1 aromatic carbocycles. The first-order valence-electron chi connectivity index (χ1n) is 8.14. The van der Waals surface area contributed by atoms with Gasteiger partial charge in [-0.25, -0.2) is 4.98 Å². The number of likely N-dealkylation sites (N-methyl/N-ethyl adjacent to an activating group) is 1. The first-order valence-corrected chi connectivity index (χ1v) is 9.02. The molecule has 0 aliphatic carbocycles. The highest BCUT2D eigenvalue weighted by molar-refractivity contribution is 7.09. The number of amides is 2. The molecule has 0 radical (unpaired) electrons. The van der Waals surface area contributed by atoms with E-state index in [0.717, 1.165) is 22.0 Å². The predicted molar refractivity (Wildman–Crippen MR) is 101 cm³/mol. The summed E-state index contributed by atoms with van der Waals surface area (Å²) in [6.07, 6.45) is 0. The lowest BCUT2D eigenvalue weighted by Crippen LogP contribution is -2.38. The highest BCUT2D eigenvalue weighted by atomic mass is 32.1. The first kappa shape index (κ1) is 19.1. The van der Waals surface area contributed by atoms with E-state index in [1.54, 1.807) is 11.3 Å². The summed E-state index contributed by atoms with van der Waals surface area (Å²) in [7, 11) is 1.91. The van der Waals surface area contributed by atoms with Gasteiger partial charge in [-0.2, -0.15) is 0 Å². The third-order valence-corrected chi connectivity index (χ3v) is 4.15. The number of hydrogen-bond acceptors (Lipinski definition) is 5. The van der Waals surface area contributed by atoms with Crippen LogP contribution in [-0.2, 0) is 16.1 Å². The van der Waals surface area contributed by atoms with Gasteiger partial charge in [0.25, 0.3) is 0 Å². The quantitative estimate of drug-likeness (QED) is 0.796. The Morgan fingerprint density at radius 1 is 1.24 bits per heavy atom. The minimum absolute atomic E-state index is 0.0165. The fourth-order valence-electron chi connectivity index (χ4n) is 2.34. The van der Waals surface area contributed by atoms with Gasteiger partial charge in [0.1, 0.15) is 5.01 Å². The Bertz CT molecular complexity index is 725. The van der Waals surface area contributed by atoms with Gasteiger partial charge in [0.15, 0.2) is 0 Å². The highest BCUT2D eigenvalue weighted by Crippen LogP contribution is 2.24. The second-order valence-corrected chi connectivity index (χ2v) is 7.22. The number of nitrogens with zero attached hydrogens (tertiary/aromatic N) is 2. The lowest BCUT2D eigenvalue weighted by molar-refractivity contribution is -0.122. The summed E-state index contributed by atoms with van der Waals surface area (Å²) in [6, 6.07) is 7.73. The molecule has 0 fully saturated rings. The van der Waals surface area contributed by atoms with Crippen LogP contribution >= 0.6 is 11.3 Å². The molecular formula is C18H24N4O2S. The molecule has 0 saturated heterocycles. The maximum atomic E-state index is 11.8. The Kier molecular flexibility index (Phi) is 6.66. The number of hydrogen-bond donors (Lipinski definition) is 2. The number of nitrogens with one attached hydrogen (secondary N) is 2. The summed E-state index contributed by atoms with van der Waals surface area (Å²) in [6.45, 7) is 6.35. The number of thiazole rings is 1. The Morgan fingerprint density at radius 3 is 2.52 bits per heavy atom. The van der Waals surface area contributed by atoms with Crippen molar-refractivity contribution >= 4 is 28.8 Å². The summed E-state index contributed by atoms with van der Waals surface area (Å²) >= 11 is 1.57. The molecule has 0 aliphatic rings. The van der Waals surface area contributed by atoms with Crippen molar-refractivity contribution in [3.63, 3.8) is 0 Å². The molecule has 0 unspecified atom stereocenters. The number of aromatic nitrogens is 1. The van der Waals surface area contributed by atoms with Crippen LogP contribution in [0.25, 0.3) is 11.3 Å². The normalized spacial score (nSPS) is 11.0. The third kappa shape index (κ3) is 6.28. The lowest BCUT2D eigenvalue weighted by Gasteiger charge is -2.16. The molecular weight excluding hydrogens is 336 g/mol. The zero-order valence-corrected chi connectivity index (χ0v) is 15.8. The molecule has 2 N–H and O–H groups in total. The minimum Gasteiger partial charge on any atom is -0.353 e. The predicted octanol–water partition coefficient (Wildman–Crippen LogP) is 2.72. The van der Waals surface area contributed by atoms with Crippen LogP contribution in [0.15, 0.2) is 29.6 Å². The number of carbonyl (C=O) groups is 2. The summed E-state index contributed by atoms with van der Waals surface area (Å²) in [4.78, 5) is 29.4. The van der Waals surface area contributed by atoms with Crippen LogP contribution in [0.1, 0.15) is 25.8 Å². The second-order valence-electron chi connectivity index (χ2n) is 6.28. The van der Waals surface area contributed by atoms with Crippen molar-refractivity contribution in [3.05, 3.63) is 34.7 Å². The maximum Gasteiger partial charge on any atom is 0.234 e. The van der Waals surface area contributed by atoms with E-state index >= 15 is 0 Å². The van der Waals surface area contributed by atoms with E-state index in [4.69, 9.17) is 0 Å². The molecule has 2 aromatic rings. The van der Waals surface area contributed by atoms with Gasteiger partial charge in [-0.15, -0.1) is 11.3 Å². The van der Waals surface area contributed by atoms with E-state index in [1.807, 2.05) is 55.4 Å². The molecule has 0 bridgehead atoms. The number of carbonyl (C=O) groups excluding carboxylic acids is 2. The summed E-state index contributed by atoms with van der Waals surface area (Å²) in [5.74, 6) is -0.0731. The molecule has 6 nitrogen and oxygen atoms in total. The molecule has 25 heavy (non-hydrogen) atoms. The summed E-state index contributed by atoms with van der Waals surface area (Å²) in [5, 5.41) is 8.59. The van der Waals surface area contributed by atoms with Gasteiger partial charge in [-0.1, -0.05) is 12.1 Å². The van der Waals surface area contributed by atoms with Crippen LogP contribution in [0, 0.1) is 0 Å². The molecule has 7 heteroatoms. The maximum absolute atomic E-state index is 11.8. The van der Waals surface area contributed by atoms with Crippen LogP contribution in [0.4, 0.5) is 5.69 Å². The summed E-state index contributed by atoms with van der Waals surface area (Å²) < 4.78 is 0. The van der Waals surface area contributed by atoms with Crippen LogP contribution in [0.3, 0.4) is 0 Å². The van der Waals surface area contributed by atoms with Gasteiger partial charge in [0, 0.05) is 29.6 Å². The Hall–Kier alpha value is -2.25.